The van der Waals surface area contributed by atoms with Crippen molar-refractivity contribution in [1.29, 1.82) is 0 Å². The first-order valence-corrected chi connectivity index (χ1v) is 10.8. The van der Waals surface area contributed by atoms with Crippen LogP contribution in [0.15, 0.2) is 59.6 Å². The quantitative estimate of drug-likeness (QED) is 0.403. The third kappa shape index (κ3) is 4.11. The van der Waals surface area contributed by atoms with Crippen LogP contribution in [0.1, 0.15) is 18.1 Å². The number of methoxy groups -OCH3 is 1. The Bertz CT molecular complexity index is 1220. The third-order valence-corrected chi connectivity index (χ3v) is 6.26. The minimum atomic E-state index is -0.977. The van der Waals surface area contributed by atoms with E-state index in [1.165, 1.54) is 14.0 Å². The zero-order chi connectivity index (χ0) is 22.1. The van der Waals surface area contributed by atoms with Crippen LogP contribution in [-0.4, -0.2) is 39.7 Å². The molecule has 1 fully saturated rings. The lowest BCUT2D eigenvalue weighted by Gasteiger charge is -2.18. The zero-order valence-corrected chi connectivity index (χ0v) is 18.4. The predicted molar refractivity (Wildman–Crippen MR) is 122 cm³/mol. The van der Waals surface area contributed by atoms with Crippen molar-refractivity contribution < 1.29 is 19.1 Å². The summed E-state index contributed by atoms with van der Waals surface area (Å²) in [4.78, 5) is 38.3. The second-order valence-electron chi connectivity index (χ2n) is 7.11. The number of ether oxygens (including phenoxy) is 1. The van der Waals surface area contributed by atoms with Crippen LogP contribution >= 0.6 is 23.4 Å². The molecule has 8 heteroatoms. The van der Waals surface area contributed by atoms with Gasteiger partial charge < -0.3 is 9.30 Å². The molecule has 0 radical (unpaired) electrons. The van der Waals surface area contributed by atoms with E-state index in [2.05, 4.69) is 9.30 Å². The van der Waals surface area contributed by atoms with Gasteiger partial charge >= 0.3 is 5.97 Å². The zero-order valence-electron chi connectivity index (χ0n) is 16.9. The lowest BCUT2D eigenvalue weighted by molar-refractivity contribution is -0.148. The maximum Gasteiger partial charge on any atom is 0.328 e. The van der Waals surface area contributed by atoms with E-state index in [0.717, 1.165) is 38.7 Å². The van der Waals surface area contributed by atoms with Crippen LogP contribution in [0.2, 0.25) is 5.02 Å². The van der Waals surface area contributed by atoms with Gasteiger partial charge in [-0.3, -0.25) is 14.5 Å². The van der Waals surface area contributed by atoms with Crippen molar-refractivity contribution in [2.24, 2.45) is 0 Å². The molecule has 0 unspecified atom stereocenters. The number of carbonyl (C=O) groups excluding carboxylic acids is 3. The first-order chi connectivity index (χ1) is 14.9. The summed E-state index contributed by atoms with van der Waals surface area (Å²) in [7, 11) is 1.23. The van der Waals surface area contributed by atoms with E-state index in [1.807, 2.05) is 54.7 Å². The molecule has 0 spiro atoms. The SMILES string of the molecule is COC(=O)[C@H](C)N1C(=O)S/C(=C/c2cn(Cc3ccc(Cl)cc3)c3ccccc23)C1=O. The van der Waals surface area contributed by atoms with Crippen LogP contribution in [0, 0.1) is 0 Å². The fourth-order valence-corrected chi connectivity index (χ4v) is 4.56. The van der Waals surface area contributed by atoms with Crippen LogP contribution in [0.3, 0.4) is 0 Å². The highest BCUT2D eigenvalue weighted by Crippen LogP contribution is 2.35. The predicted octanol–water partition coefficient (Wildman–Crippen LogP) is 4.94. The molecular formula is C23H19ClN2O4S. The lowest BCUT2D eigenvalue weighted by Crippen LogP contribution is -2.42. The van der Waals surface area contributed by atoms with Gasteiger partial charge in [0.1, 0.15) is 6.04 Å². The normalized spacial score (nSPS) is 16.4. The van der Waals surface area contributed by atoms with E-state index < -0.39 is 23.2 Å². The number of amides is 2. The van der Waals surface area contributed by atoms with Crippen molar-refractivity contribution >= 4 is 57.5 Å². The number of fused-ring (bicyclic) bond motifs is 1. The van der Waals surface area contributed by atoms with Gasteiger partial charge in [0, 0.05) is 34.2 Å². The third-order valence-electron chi connectivity index (χ3n) is 5.13. The molecule has 3 aromatic rings. The smallest absolute Gasteiger partial charge is 0.328 e. The fraction of sp³-hybridized carbons (Fsp3) is 0.174. The van der Waals surface area contributed by atoms with Gasteiger partial charge in [0.05, 0.1) is 12.0 Å². The summed E-state index contributed by atoms with van der Waals surface area (Å²) in [6, 6.07) is 14.5. The number of benzene rings is 2. The monoisotopic (exact) mass is 454 g/mol. The molecule has 2 amide bonds. The molecule has 1 aliphatic rings. The number of esters is 1. The largest absolute Gasteiger partial charge is 0.467 e. The summed E-state index contributed by atoms with van der Waals surface area (Å²) in [5.74, 6) is -1.13. The van der Waals surface area contributed by atoms with E-state index in [1.54, 1.807) is 6.08 Å². The summed E-state index contributed by atoms with van der Waals surface area (Å²) in [5, 5.41) is 1.15. The Morgan fingerprint density at radius 3 is 2.58 bits per heavy atom. The van der Waals surface area contributed by atoms with Crippen molar-refractivity contribution in [1.82, 2.24) is 9.47 Å². The summed E-state index contributed by atoms with van der Waals surface area (Å²) >= 11 is 6.81. The minimum Gasteiger partial charge on any atom is -0.467 e. The Morgan fingerprint density at radius 1 is 1.16 bits per heavy atom. The molecule has 0 bridgehead atoms. The number of carbonyl (C=O) groups is 3. The highest BCUT2D eigenvalue weighted by Gasteiger charge is 2.41. The molecule has 2 aromatic carbocycles. The molecule has 158 valence electrons. The average Bonchev–Trinajstić information content (AvgIpc) is 3.25. The molecule has 4 rings (SSSR count). The number of thioether (sulfide) groups is 1. The maximum atomic E-state index is 12.8. The van der Waals surface area contributed by atoms with Crippen LogP contribution < -0.4 is 0 Å². The topological polar surface area (TPSA) is 68.6 Å². The summed E-state index contributed by atoms with van der Waals surface area (Å²) < 4.78 is 6.76. The van der Waals surface area contributed by atoms with Gasteiger partial charge in [-0.15, -0.1) is 0 Å². The molecule has 6 nitrogen and oxygen atoms in total. The number of para-hydroxylation sites is 1. The second kappa shape index (κ2) is 8.61. The highest BCUT2D eigenvalue weighted by atomic mass is 35.5. The number of nitrogens with zero attached hydrogens (tertiary/aromatic N) is 2. The van der Waals surface area contributed by atoms with E-state index in [9.17, 15) is 14.4 Å². The van der Waals surface area contributed by atoms with Crippen molar-refractivity contribution in [2.45, 2.75) is 19.5 Å². The lowest BCUT2D eigenvalue weighted by atomic mass is 10.1. The first-order valence-electron chi connectivity index (χ1n) is 9.56. The number of halogens is 1. The molecule has 0 saturated carbocycles. The maximum absolute atomic E-state index is 12.8. The molecule has 2 heterocycles. The average molecular weight is 455 g/mol. The van der Waals surface area contributed by atoms with Gasteiger partial charge in [0.15, 0.2) is 0 Å². The number of hydrogen-bond donors (Lipinski definition) is 0. The number of aromatic nitrogens is 1. The molecule has 1 atom stereocenters. The number of imide groups is 1. The molecule has 0 aliphatic carbocycles. The molecule has 0 N–H and O–H groups in total. The first kappa shape index (κ1) is 21.2. The standard InChI is InChI=1S/C23H19ClN2O4S/c1-14(22(28)30-2)26-21(27)20(31-23(26)29)11-16-13-25(19-6-4-3-5-18(16)19)12-15-7-9-17(24)10-8-15/h3-11,13-14H,12H2,1-2H3/b20-11+/t14-/m0/s1. The summed E-state index contributed by atoms with van der Waals surface area (Å²) in [5.41, 5.74) is 2.91. The van der Waals surface area contributed by atoms with E-state index >= 15 is 0 Å². The van der Waals surface area contributed by atoms with Gasteiger partial charge in [-0.05, 0) is 48.5 Å². The van der Waals surface area contributed by atoms with E-state index in [-0.39, 0.29) is 4.91 Å². The van der Waals surface area contributed by atoms with E-state index in [4.69, 9.17) is 11.6 Å². The second-order valence-corrected chi connectivity index (χ2v) is 8.54. The molecule has 1 aliphatic heterocycles. The van der Waals surface area contributed by atoms with Crippen molar-refractivity contribution in [3.8, 4) is 0 Å². The van der Waals surface area contributed by atoms with Crippen LogP contribution in [0.25, 0.3) is 17.0 Å². The number of hydrogen-bond acceptors (Lipinski definition) is 5. The van der Waals surface area contributed by atoms with E-state index in [0.29, 0.717) is 11.6 Å². The minimum absolute atomic E-state index is 0.273. The Kier molecular flexibility index (Phi) is 5.89. The van der Waals surface area contributed by atoms with Gasteiger partial charge in [-0.1, -0.05) is 41.9 Å². The van der Waals surface area contributed by atoms with Crippen molar-refractivity contribution in [2.75, 3.05) is 7.11 Å². The van der Waals surface area contributed by atoms with Gasteiger partial charge in [0.2, 0.25) is 0 Å². The van der Waals surface area contributed by atoms with Crippen LogP contribution in [0.4, 0.5) is 4.79 Å². The molecule has 1 aromatic heterocycles. The number of rotatable bonds is 5. The summed E-state index contributed by atoms with van der Waals surface area (Å²) in [6.07, 6.45) is 3.66. The van der Waals surface area contributed by atoms with Crippen molar-refractivity contribution in [3.63, 3.8) is 0 Å². The van der Waals surface area contributed by atoms with Gasteiger partial charge in [-0.2, -0.15) is 0 Å². The Labute approximate surface area is 188 Å². The van der Waals surface area contributed by atoms with Crippen LogP contribution in [0.5, 0.6) is 0 Å². The Hall–Kier alpha value is -3.03. The Morgan fingerprint density at radius 2 is 1.87 bits per heavy atom. The molecule has 1 saturated heterocycles. The van der Waals surface area contributed by atoms with Crippen LogP contribution in [-0.2, 0) is 20.9 Å². The summed E-state index contributed by atoms with van der Waals surface area (Å²) in [6.45, 7) is 2.11. The highest BCUT2D eigenvalue weighted by molar-refractivity contribution is 8.18. The fourth-order valence-electron chi connectivity index (χ4n) is 3.54. The molecular weight excluding hydrogens is 436 g/mol. The van der Waals surface area contributed by atoms with Gasteiger partial charge in [-0.25, -0.2) is 4.79 Å². The Balaban J connectivity index is 1.69. The van der Waals surface area contributed by atoms with Crippen molar-refractivity contribution in [3.05, 3.63) is 75.8 Å². The molecule has 31 heavy (non-hydrogen) atoms. The van der Waals surface area contributed by atoms with Gasteiger partial charge in [0.25, 0.3) is 11.1 Å².